The van der Waals surface area contributed by atoms with E-state index in [-0.39, 0.29) is 11.1 Å². The van der Waals surface area contributed by atoms with Crippen LogP contribution in [0.15, 0.2) is 84.0 Å². The number of hydrogen-bond donors (Lipinski definition) is 1. The minimum Gasteiger partial charge on any atom is -0.497 e. The second-order valence-electron chi connectivity index (χ2n) is 10.3. The Morgan fingerprint density at radius 3 is 2.44 bits per heavy atom. The summed E-state index contributed by atoms with van der Waals surface area (Å²) < 4.78 is 36.7. The second-order valence-corrected chi connectivity index (χ2v) is 11.3. The summed E-state index contributed by atoms with van der Waals surface area (Å²) in [5.74, 6) is 0.116. The first kappa shape index (κ1) is 28.8. The molecule has 41 heavy (non-hydrogen) atoms. The van der Waals surface area contributed by atoms with Crippen LogP contribution in [0.25, 0.3) is 0 Å². The molecule has 0 amide bonds. The fourth-order valence-electron chi connectivity index (χ4n) is 5.06. The van der Waals surface area contributed by atoms with E-state index in [4.69, 9.17) is 4.74 Å². The van der Waals surface area contributed by atoms with Crippen LogP contribution in [0.4, 0.5) is 20.3 Å². The van der Waals surface area contributed by atoms with Gasteiger partial charge in [0, 0.05) is 42.7 Å². The van der Waals surface area contributed by atoms with Gasteiger partial charge >= 0.3 is 0 Å². The molecule has 1 saturated heterocycles. The van der Waals surface area contributed by atoms with Crippen LogP contribution in [0.3, 0.4) is 0 Å². The first-order valence-corrected chi connectivity index (χ1v) is 14.6. The molecule has 0 saturated carbocycles. The summed E-state index contributed by atoms with van der Waals surface area (Å²) in [7, 11) is 1.61. The molecule has 1 unspecified atom stereocenters. The van der Waals surface area contributed by atoms with Gasteiger partial charge in [0.25, 0.3) is 0 Å². The Balaban J connectivity index is 1.27. The van der Waals surface area contributed by atoms with Crippen LogP contribution >= 0.6 is 11.9 Å². The van der Waals surface area contributed by atoms with E-state index in [0.717, 1.165) is 49.2 Å². The number of aromatic nitrogens is 2. The van der Waals surface area contributed by atoms with Crippen molar-refractivity contribution in [3.8, 4) is 5.75 Å². The molecular formula is C32H35F2N5OS. The molecule has 4 aromatic rings. The molecule has 5 rings (SSSR count). The molecule has 3 heterocycles. The Bertz CT molecular complexity index is 1430. The number of pyridine rings is 2. The van der Waals surface area contributed by atoms with Crippen molar-refractivity contribution in [2.45, 2.75) is 50.3 Å². The van der Waals surface area contributed by atoms with Crippen LogP contribution in [0.2, 0.25) is 0 Å². The molecule has 2 aromatic heterocycles. The number of benzene rings is 2. The van der Waals surface area contributed by atoms with E-state index >= 15 is 4.39 Å². The topological polar surface area (TPSA) is 53.5 Å². The highest BCUT2D eigenvalue weighted by Gasteiger charge is 2.25. The van der Waals surface area contributed by atoms with Gasteiger partial charge in [-0.15, -0.1) is 0 Å². The first-order chi connectivity index (χ1) is 19.9. The van der Waals surface area contributed by atoms with Crippen LogP contribution in [0.5, 0.6) is 5.75 Å². The van der Waals surface area contributed by atoms with E-state index in [1.54, 1.807) is 36.7 Å². The van der Waals surface area contributed by atoms with Gasteiger partial charge < -0.3 is 10.1 Å². The molecule has 0 radical (unpaired) electrons. The molecule has 0 aliphatic carbocycles. The molecule has 1 aliphatic heterocycles. The lowest BCUT2D eigenvalue weighted by atomic mass is 10.00. The quantitative estimate of drug-likeness (QED) is 0.156. The molecule has 9 heteroatoms. The molecule has 1 atom stereocenters. The van der Waals surface area contributed by atoms with Crippen LogP contribution in [-0.2, 0) is 6.54 Å². The van der Waals surface area contributed by atoms with Gasteiger partial charge in [-0.05, 0) is 62.1 Å². The molecule has 214 valence electrons. The lowest BCUT2D eigenvalue weighted by molar-refractivity contribution is 0.167. The summed E-state index contributed by atoms with van der Waals surface area (Å²) >= 11 is 1.10. The van der Waals surface area contributed by atoms with Crippen molar-refractivity contribution in [3.63, 3.8) is 0 Å². The summed E-state index contributed by atoms with van der Waals surface area (Å²) in [6.45, 7) is 6.32. The van der Waals surface area contributed by atoms with Crippen molar-refractivity contribution >= 4 is 23.5 Å². The number of piperidine rings is 1. The van der Waals surface area contributed by atoms with E-state index in [1.807, 2.05) is 30.3 Å². The monoisotopic (exact) mass is 575 g/mol. The van der Waals surface area contributed by atoms with Gasteiger partial charge in [-0.3, -0.25) is 9.21 Å². The zero-order valence-electron chi connectivity index (χ0n) is 23.6. The zero-order valence-corrected chi connectivity index (χ0v) is 24.4. The standard InChI is InChI=1S/C32H35F2N5OS/c1-22-28(36-26-16-18-38(19-17-26)23(2)25-8-5-4-6-9-25)20-35-32(31(22)34)41-39(30-11-7-10-29(33)37-30)21-24-12-14-27(40-3)15-13-24/h4-15,20,23,26,36H,16-19,21H2,1-3H3. The fourth-order valence-corrected chi connectivity index (χ4v) is 6.01. The molecule has 1 N–H and O–H groups in total. The molecule has 1 fully saturated rings. The van der Waals surface area contributed by atoms with Crippen molar-refractivity contribution in [1.82, 2.24) is 14.9 Å². The highest BCUT2D eigenvalue weighted by Crippen LogP contribution is 2.34. The predicted octanol–water partition coefficient (Wildman–Crippen LogP) is 7.42. The molecule has 0 bridgehead atoms. The van der Waals surface area contributed by atoms with E-state index in [2.05, 4.69) is 51.4 Å². The van der Waals surface area contributed by atoms with Crippen LogP contribution in [0.1, 0.15) is 42.5 Å². The van der Waals surface area contributed by atoms with Crippen molar-refractivity contribution in [3.05, 3.63) is 107 Å². The number of anilines is 2. The third-order valence-corrected chi connectivity index (χ3v) is 8.58. The highest BCUT2D eigenvalue weighted by atomic mass is 32.2. The molecule has 0 spiro atoms. The number of rotatable bonds is 10. The van der Waals surface area contributed by atoms with E-state index in [9.17, 15) is 4.39 Å². The lowest BCUT2D eigenvalue weighted by Gasteiger charge is -2.37. The molecule has 2 aromatic carbocycles. The number of methoxy groups -OCH3 is 1. The third-order valence-electron chi connectivity index (χ3n) is 7.59. The maximum atomic E-state index is 15.7. The smallest absolute Gasteiger partial charge is 0.214 e. The van der Waals surface area contributed by atoms with Gasteiger partial charge in [0.1, 0.15) is 11.6 Å². The van der Waals surface area contributed by atoms with Gasteiger partial charge in [-0.1, -0.05) is 48.5 Å². The van der Waals surface area contributed by atoms with Gasteiger partial charge in [-0.25, -0.2) is 14.4 Å². The summed E-state index contributed by atoms with van der Waals surface area (Å²) in [5.41, 5.74) is 3.47. The van der Waals surface area contributed by atoms with E-state index < -0.39 is 11.8 Å². The number of nitrogens with one attached hydrogen (secondary N) is 1. The molecule has 1 aliphatic rings. The fraction of sp³-hybridized carbons (Fsp3) is 0.312. The van der Waals surface area contributed by atoms with Crippen molar-refractivity contribution in [2.24, 2.45) is 0 Å². The number of halogens is 2. The van der Waals surface area contributed by atoms with E-state index in [1.165, 1.54) is 11.6 Å². The maximum absolute atomic E-state index is 15.7. The Morgan fingerprint density at radius 1 is 1.02 bits per heavy atom. The van der Waals surface area contributed by atoms with Crippen LogP contribution in [0, 0.1) is 18.7 Å². The van der Waals surface area contributed by atoms with E-state index in [0.29, 0.717) is 29.7 Å². The average Bonchev–Trinajstić information content (AvgIpc) is 3.01. The molecular weight excluding hydrogens is 540 g/mol. The van der Waals surface area contributed by atoms with Crippen molar-refractivity contribution in [1.29, 1.82) is 0 Å². The first-order valence-electron chi connectivity index (χ1n) is 13.8. The third kappa shape index (κ3) is 7.15. The summed E-state index contributed by atoms with van der Waals surface area (Å²) in [4.78, 5) is 11.0. The van der Waals surface area contributed by atoms with Crippen LogP contribution < -0.4 is 14.4 Å². The Hall–Kier alpha value is -3.69. The summed E-state index contributed by atoms with van der Waals surface area (Å²) in [6, 6.07) is 23.3. The van der Waals surface area contributed by atoms with Crippen LogP contribution in [-0.4, -0.2) is 41.1 Å². The Kier molecular flexibility index (Phi) is 9.36. The predicted molar refractivity (Wildman–Crippen MR) is 161 cm³/mol. The summed E-state index contributed by atoms with van der Waals surface area (Å²) in [6.07, 6.45) is 3.63. The normalized spacial score (nSPS) is 15.0. The van der Waals surface area contributed by atoms with Crippen molar-refractivity contribution in [2.75, 3.05) is 29.8 Å². The number of hydrogen-bond acceptors (Lipinski definition) is 7. The SMILES string of the molecule is COc1ccc(CN(Sc2ncc(NC3CCN(C(C)c4ccccc4)CC3)c(C)c2F)c2cccc(F)n2)cc1. The van der Waals surface area contributed by atoms with Crippen molar-refractivity contribution < 1.29 is 13.5 Å². The number of nitrogens with zero attached hydrogens (tertiary/aromatic N) is 4. The Labute approximate surface area is 244 Å². The minimum absolute atomic E-state index is 0.208. The Morgan fingerprint density at radius 2 is 1.76 bits per heavy atom. The van der Waals surface area contributed by atoms with Gasteiger partial charge in [0.2, 0.25) is 5.95 Å². The zero-order chi connectivity index (χ0) is 28.8. The minimum atomic E-state index is -0.601. The average molecular weight is 576 g/mol. The highest BCUT2D eigenvalue weighted by molar-refractivity contribution is 8.00. The maximum Gasteiger partial charge on any atom is 0.214 e. The summed E-state index contributed by atoms with van der Waals surface area (Å²) in [5, 5.41) is 3.74. The lowest BCUT2D eigenvalue weighted by Crippen LogP contribution is -2.40. The number of likely N-dealkylation sites (tertiary alicyclic amines) is 1. The second kappa shape index (κ2) is 13.3. The number of ether oxygens (including phenoxy) is 1. The van der Waals surface area contributed by atoms with Gasteiger partial charge in [0.05, 0.1) is 25.5 Å². The largest absolute Gasteiger partial charge is 0.497 e. The van der Waals surface area contributed by atoms with Gasteiger partial charge in [-0.2, -0.15) is 4.39 Å². The molecule has 6 nitrogen and oxygen atoms in total. The van der Waals surface area contributed by atoms with Gasteiger partial charge in [0.15, 0.2) is 10.8 Å².